The molecule has 19 heavy (non-hydrogen) atoms. The molecule has 0 spiro atoms. The van der Waals surface area contributed by atoms with Crippen LogP contribution in [0.25, 0.3) is 0 Å². The number of nitrogen functional groups attached to an aromatic ring is 1. The van der Waals surface area contributed by atoms with Gasteiger partial charge in [-0.15, -0.1) is 0 Å². The van der Waals surface area contributed by atoms with Crippen molar-refractivity contribution in [1.29, 1.82) is 0 Å². The van der Waals surface area contributed by atoms with Crippen molar-refractivity contribution in [3.63, 3.8) is 0 Å². The number of nitrogens with two attached hydrogens (primary N) is 2. The van der Waals surface area contributed by atoms with Crippen LogP contribution in [-0.2, 0) is 6.42 Å². The number of amides is 1. The number of benzene rings is 2. The van der Waals surface area contributed by atoms with E-state index in [0.29, 0.717) is 23.6 Å². The van der Waals surface area contributed by atoms with Crippen LogP contribution in [0.4, 0.5) is 5.69 Å². The molecule has 0 aliphatic rings. The van der Waals surface area contributed by atoms with Crippen LogP contribution < -0.4 is 16.2 Å². The maximum absolute atomic E-state index is 11.0. The van der Waals surface area contributed by atoms with Gasteiger partial charge in [-0.2, -0.15) is 0 Å². The Morgan fingerprint density at radius 1 is 1.11 bits per heavy atom. The molecular weight excluding hydrogens is 240 g/mol. The Labute approximate surface area is 112 Å². The van der Waals surface area contributed by atoms with Crippen LogP contribution in [0.1, 0.15) is 15.9 Å². The minimum Gasteiger partial charge on any atom is -0.491 e. The molecule has 2 aromatic rings. The van der Waals surface area contributed by atoms with Gasteiger partial charge < -0.3 is 16.2 Å². The number of ether oxygens (including phenoxy) is 1. The van der Waals surface area contributed by atoms with Gasteiger partial charge in [-0.1, -0.05) is 30.3 Å². The second-order valence-corrected chi connectivity index (χ2v) is 4.20. The van der Waals surface area contributed by atoms with Gasteiger partial charge in [-0.3, -0.25) is 4.79 Å². The summed E-state index contributed by atoms with van der Waals surface area (Å²) in [5.74, 6) is 0.0727. The van der Waals surface area contributed by atoms with Crippen molar-refractivity contribution in [3.05, 3.63) is 59.7 Å². The molecule has 0 aromatic heterocycles. The van der Waals surface area contributed by atoms with Crippen LogP contribution >= 0.6 is 0 Å². The highest BCUT2D eigenvalue weighted by atomic mass is 16.5. The van der Waals surface area contributed by atoms with Gasteiger partial charge in [-0.05, 0) is 23.8 Å². The lowest BCUT2D eigenvalue weighted by Gasteiger charge is -2.09. The third-order valence-corrected chi connectivity index (χ3v) is 2.79. The molecule has 98 valence electrons. The highest BCUT2D eigenvalue weighted by Crippen LogP contribution is 2.22. The largest absolute Gasteiger partial charge is 0.491 e. The average molecular weight is 256 g/mol. The van der Waals surface area contributed by atoms with E-state index in [2.05, 4.69) is 0 Å². The first-order valence-corrected chi connectivity index (χ1v) is 6.03. The van der Waals surface area contributed by atoms with Crippen molar-refractivity contribution in [2.24, 2.45) is 5.73 Å². The van der Waals surface area contributed by atoms with E-state index in [-0.39, 0.29) is 0 Å². The molecule has 2 aromatic carbocycles. The second kappa shape index (κ2) is 5.91. The molecule has 0 unspecified atom stereocenters. The van der Waals surface area contributed by atoms with Gasteiger partial charge in [-0.25, -0.2) is 0 Å². The summed E-state index contributed by atoms with van der Waals surface area (Å²) in [5.41, 5.74) is 13.0. The molecule has 0 saturated carbocycles. The molecule has 4 N–H and O–H groups in total. The van der Waals surface area contributed by atoms with E-state index in [0.717, 1.165) is 6.42 Å². The standard InChI is InChI=1S/C15H16N2O2/c16-13-10-12(15(17)18)6-7-14(13)19-9-8-11-4-2-1-3-5-11/h1-7,10H,8-9,16H2,(H2,17,18). The summed E-state index contributed by atoms with van der Waals surface area (Å²) < 4.78 is 5.60. The topological polar surface area (TPSA) is 78.3 Å². The molecule has 1 amide bonds. The molecule has 0 atom stereocenters. The summed E-state index contributed by atoms with van der Waals surface area (Å²) in [5, 5.41) is 0. The van der Waals surface area contributed by atoms with Crippen LogP contribution in [0, 0.1) is 0 Å². The number of hydrogen-bond acceptors (Lipinski definition) is 3. The van der Waals surface area contributed by atoms with Gasteiger partial charge in [0.2, 0.25) is 5.91 Å². The number of primary amides is 1. The lowest BCUT2D eigenvalue weighted by molar-refractivity contribution is 0.100. The predicted octanol–water partition coefficient (Wildman–Crippen LogP) is 1.99. The number of carbonyl (C=O) groups excluding carboxylic acids is 1. The fourth-order valence-corrected chi connectivity index (χ4v) is 1.76. The minimum atomic E-state index is -0.498. The highest BCUT2D eigenvalue weighted by Gasteiger charge is 2.05. The second-order valence-electron chi connectivity index (χ2n) is 4.20. The van der Waals surface area contributed by atoms with E-state index >= 15 is 0 Å². The first kappa shape index (κ1) is 13.0. The summed E-state index contributed by atoms with van der Waals surface area (Å²) in [4.78, 5) is 11.0. The van der Waals surface area contributed by atoms with Crippen molar-refractivity contribution in [2.75, 3.05) is 12.3 Å². The van der Waals surface area contributed by atoms with Crippen molar-refractivity contribution >= 4 is 11.6 Å². The van der Waals surface area contributed by atoms with Crippen molar-refractivity contribution in [1.82, 2.24) is 0 Å². The molecule has 0 saturated heterocycles. The van der Waals surface area contributed by atoms with Crippen molar-refractivity contribution in [3.8, 4) is 5.75 Å². The zero-order valence-corrected chi connectivity index (χ0v) is 10.5. The summed E-state index contributed by atoms with van der Waals surface area (Å²) in [6.07, 6.45) is 0.803. The summed E-state index contributed by atoms with van der Waals surface area (Å²) in [7, 11) is 0. The number of carbonyl (C=O) groups is 1. The van der Waals surface area contributed by atoms with Crippen LogP contribution in [0.2, 0.25) is 0 Å². The number of anilines is 1. The fourth-order valence-electron chi connectivity index (χ4n) is 1.76. The van der Waals surface area contributed by atoms with E-state index in [1.807, 2.05) is 30.3 Å². The Kier molecular flexibility index (Phi) is 4.03. The van der Waals surface area contributed by atoms with Crippen LogP contribution in [0.5, 0.6) is 5.75 Å². The highest BCUT2D eigenvalue weighted by molar-refractivity contribution is 5.94. The van der Waals surface area contributed by atoms with Gasteiger partial charge >= 0.3 is 0 Å². The molecule has 4 nitrogen and oxygen atoms in total. The van der Waals surface area contributed by atoms with Gasteiger partial charge in [0.1, 0.15) is 5.75 Å². The first-order valence-electron chi connectivity index (χ1n) is 6.03. The lowest BCUT2D eigenvalue weighted by atomic mass is 10.1. The Balaban J connectivity index is 1.95. The van der Waals surface area contributed by atoms with Crippen molar-refractivity contribution < 1.29 is 9.53 Å². The number of rotatable bonds is 5. The maximum atomic E-state index is 11.0. The summed E-state index contributed by atoms with van der Waals surface area (Å²) in [6, 6.07) is 14.9. The molecular formula is C15H16N2O2. The molecule has 0 radical (unpaired) electrons. The van der Waals surface area contributed by atoms with Crippen LogP contribution in [-0.4, -0.2) is 12.5 Å². The molecule has 0 aliphatic heterocycles. The van der Waals surface area contributed by atoms with Crippen LogP contribution in [0.3, 0.4) is 0 Å². The Hall–Kier alpha value is -2.49. The molecule has 4 heteroatoms. The molecule has 0 aliphatic carbocycles. The zero-order chi connectivity index (χ0) is 13.7. The van der Waals surface area contributed by atoms with E-state index in [9.17, 15) is 4.79 Å². The van der Waals surface area contributed by atoms with Gasteiger partial charge in [0, 0.05) is 12.0 Å². The van der Waals surface area contributed by atoms with E-state index in [1.165, 1.54) is 11.6 Å². The monoisotopic (exact) mass is 256 g/mol. The predicted molar refractivity (Wildman–Crippen MR) is 75.0 cm³/mol. The smallest absolute Gasteiger partial charge is 0.248 e. The Morgan fingerprint density at radius 2 is 1.84 bits per heavy atom. The van der Waals surface area contributed by atoms with E-state index in [4.69, 9.17) is 16.2 Å². The SMILES string of the molecule is NC(=O)c1ccc(OCCc2ccccc2)c(N)c1. The van der Waals surface area contributed by atoms with E-state index < -0.39 is 5.91 Å². The van der Waals surface area contributed by atoms with Gasteiger partial charge in [0.15, 0.2) is 0 Å². The van der Waals surface area contributed by atoms with Crippen LogP contribution in [0.15, 0.2) is 48.5 Å². The quantitative estimate of drug-likeness (QED) is 0.803. The summed E-state index contributed by atoms with van der Waals surface area (Å²) in [6.45, 7) is 0.532. The van der Waals surface area contributed by atoms with Gasteiger partial charge in [0.05, 0.1) is 12.3 Å². The minimum absolute atomic E-state index is 0.382. The van der Waals surface area contributed by atoms with Crippen molar-refractivity contribution in [2.45, 2.75) is 6.42 Å². The third kappa shape index (κ3) is 3.48. The first-order chi connectivity index (χ1) is 9.16. The Bertz CT molecular complexity index is 568. The molecule has 0 bridgehead atoms. The average Bonchev–Trinajstić information content (AvgIpc) is 2.41. The van der Waals surface area contributed by atoms with E-state index in [1.54, 1.807) is 12.1 Å². The summed E-state index contributed by atoms with van der Waals surface area (Å²) >= 11 is 0. The molecule has 2 rings (SSSR count). The molecule has 0 fully saturated rings. The normalized spacial score (nSPS) is 10.1. The fraction of sp³-hybridized carbons (Fsp3) is 0.133. The lowest BCUT2D eigenvalue weighted by Crippen LogP contribution is -2.11. The Morgan fingerprint density at radius 3 is 2.47 bits per heavy atom. The molecule has 0 heterocycles. The van der Waals surface area contributed by atoms with Gasteiger partial charge in [0.25, 0.3) is 0 Å². The third-order valence-electron chi connectivity index (χ3n) is 2.79. The zero-order valence-electron chi connectivity index (χ0n) is 10.5. The number of hydrogen-bond donors (Lipinski definition) is 2. The maximum Gasteiger partial charge on any atom is 0.248 e.